The second kappa shape index (κ2) is 7.43. The highest BCUT2D eigenvalue weighted by molar-refractivity contribution is 6.87. The first kappa shape index (κ1) is 18.6. The van der Waals surface area contributed by atoms with E-state index in [1.165, 1.54) is 5.19 Å². The maximum Gasteiger partial charge on any atom is 0.226 e. The average molecular weight is 302 g/mol. The lowest BCUT2D eigenvalue weighted by molar-refractivity contribution is -0.424. The van der Waals surface area contributed by atoms with Crippen molar-refractivity contribution in [1.29, 1.82) is 0 Å². The first-order valence-electron chi connectivity index (χ1n) is 6.84. The van der Waals surface area contributed by atoms with Crippen molar-refractivity contribution in [3.63, 3.8) is 0 Å². The monoisotopic (exact) mass is 301 g/mol. The molecule has 0 heterocycles. The molecule has 110 valence electrons. The molecule has 0 amide bonds. The molecule has 4 heteroatoms. The van der Waals surface area contributed by atoms with Gasteiger partial charge in [-0.2, -0.15) is 0 Å². The van der Waals surface area contributed by atoms with E-state index >= 15 is 0 Å². The van der Waals surface area contributed by atoms with Crippen LogP contribution < -0.4 is 23.3 Å². The molecule has 0 fully saturated rings. The van der Waals surface area contributed by atoms with Crippen molar-refractivity contribution in [1.82, 2.24) is 0 Å². The molecule has 0 aliphatic rings. The van der Waals surface area contributed by atoms with Gasteiger partial charge in [-0.05, 0) is 23.2 Å². The summed E-state index contributed by atoms with van der Waals surface area (Å²) in [5, 5.41) is 1.56. The molecule has 1 aromatic rings. The number of hydrogen-bond donors (Lipinski definition) is 1. The minimum atomic E-state index is -1.95. The van der Waals surface area contributed by atoms with E-state index < -0.39 is 8.32 Å². The third-order valence-electron chi connectivity index (χ3n) is 3.94. The molecule has 1 rings (SSSR count). The third-order valence-corrected chi connectivity index (χ3v) is 8.98. The molecule has 0 aliphatic heterocycles. The quantitative estimate of drug-likeness (QED) is 0.718. The Labute approximate surface area is 125 Å². The molecular weight excluding hydrogens is 274 g/mol. The summed E-state index contributed by atoms with van der Waals surface area (Å²) in [4.78, 5) is 0. The molecule has 2 nitrogen and oxygen atoms in total. The van der Waals surface area contributed by atoms with Crippen molar-refractivity contribution in [3.05, 3.63) is 30.3 Å². The summed E-state index contributed by atoms with van der Waals surface area (Å²) in [5.41, 5.74) is 4.13. The summed E-state index contributed by atoms with van der Waals surface area (Å²) in [6.45, 7) is 12.1. The Morgan fingerprint density at radius 1 is 1.21 bits per heavy atom. The van der Waals surface area contributed by atoms with E-state index in [1.807, 2.05) is 0 Å². The van der Waals surface area contributed by atoms with Crippen molar-refractivity contribution in [3.8, 4) is 0 Å². The first-order valence-corrected chi connectivity index (χ1v) is 9.24. The van der Waals surface area contributed by atoms with Crippen LogP contribution in [0.15, 0.2) is 30.3 Å². The lowest BCUT2D eigenvalue weighted by atomic mass is 10.2. The van der Waals surface area contributed by atoms with E-state index in [0.717, 1.165) is 13.0 Å². The van der Waals surface area contributed by atoms with Gasteiger partial charge in [0.2, 0.25) is 8.32 Å². The van der Waals surface area contributed by atoms with Gasteiger partial charge in [-0.25, -0.2) is 0 Å². The van der Waals surface area contributed by atoms with Gasteiger partial charge < -0.3 is 22.6 Å². The average Bonchev–Trinajstić information content (AvgIpc) is 2.35. The van der Waals surface area contributed by atoms with Gasteiger partial charge in [0, 0.05) is 0 Å². The van der Waals surface area contributed by atoms with E-state index in [1.54, 1.807) is 0 Å². The van der Waals surface area contributed by atoms with Gasteiger partial charge in [0.05, 0.1) is 6.61 Å². The number of halogens is 1. The van der Waals surface area contributed by atoms with Crippen LogP contribution >= 0.6 is 0 Å². The van der Waals surface area contributed by atoms with Crippen LogP contribution in [-0.4, -0.2) is 21.0 Å². The van der Waals surface area contributed by atoms with E-state index in [2.05, 4.69) is 70.3 Å². The zero-order valence-electron chi connectivity index (χ0n) is 12.9. The number of benzene rings is 1. The highest BCUT2D eigenvalue weighted by Crippen LogP contribution is 2.36. The van der Waals surface area contributed by atoms with Crippen molar-refractivity contribution in [2.75, 3.05) is 6.61 Å². The van der Waals surface area contributed by atoms with Crippen molar-refractivity contribution in [2.24, 2.45) is 0 Å². The molecule has 2 atom stereocenters. The molecule has 1 aromatic carbocycles. The maximum atomic E-state index is 6.41. The lowest BCUT2D eigenvalue weighted by Gasteiger charge is -2.40. The van der Waals surface area contributed by atoms with Gasteiger partial charge in [0.15, 0.2) is 0 Å². The van der Waals surface area contributed by atoms with Gasteiger partial charge in [-0.3, -0.25) is 0 Å². The van der Waals surface area contributed by atoms with Crippen molar-refractivity contribution in [2.45, 2.75) is 51.7 Å². The summed E-state index contributed by atoms with van der Waals surface area (Å²) in [7, 11) is -1.95. The van der Waals surface area contributed by atoms with E-state index in [0.29, 0.717) is 6.04 Å². The van der Waals surface area contributed by atoms with Crippen LogP contribution in [0.25, 0.3) is 0 Å². The van der Waals surface area contributed by atoms with E-state index in [9.17, 15) is 0 Å². The van der Waals surface area contributed by atoms with E-state index in [4.69, 9.17) is 4.43 Å². The van der Waals surface area contributed by atoms with Gasteiger partial charge in [0.1, 0.15) is 6.04 Å². The Morgan fingerprint density at radius 2 is 1.74 bits per heavy atom. The van der Waals surface area contributed by atoms with Crippen LogP contribution in [0.3, 0.4) is 0 Å². The molecule has 0 spiro atoms. The fourth-order valence-electron chi connectivity index (χ4n) is 1.89. The third kappa shape index (κ3) is 4.60. The molecular formula is C15H28ClNOSi. The fourth-order valence-corrected chi connectivity index (χ4v) is 4.75. The summed E-state index contributed by atoms with van der Waals surface area (Å²) >= 11 is 0. The first-order chi connectivity index (χ1) is 8.31. The highest BCUT2D eigenvalue weighted by atomic mass is 35.5. The number of quaternary nitrogens is 1. The van der Waals surface area contributed by atoms with Crippen LogP contribution in [0.1, 0.15) is 34.1 Å². The lowest BCUT2D eigenvalue weighted by Crippen LogP contribution is -3.00. The van der Waals surface area contributed by atoms with Crippen LogP contribution in [0, 0.1) is 0 Å². The SMILES string of the molecule is CC[C@@H]([NH3+])CO[Si@@](C)(c1ccccc1)C(C)(C)C.[Cl-]. The van der Waals surface area contributed by atoms with Crippen LogP contribution in [0.2, 0.25) is 11.6 Å². The second-order valence-electron chi connectivity index (χ2n) is 6.23. The van der Waals surface area contributed by atoms with E-state index in [-0.39, 0.29) is 17.4 Å². The molecule has 0 saturated heterocycles. The van der Waals surface area contributed by atoms with Gasteiger partial charge >= 0.3 is 0 Å². The highest BCUT2D eigenvalue weighted by Gasteiger charge is 2.44. The smallest absolute Gasteiger partial charge is 0.226 e. The second-order valence-corrected chi connectivity index (χ2v) is 10.7. The number of rotatable bonds is 5. The molecule has 0 unspecified atom stereocenters. The summed E-state index contributed by atoms with van der Waals surface area (Å²) in [6.07, 6.45) is 1.07. The molecule has 19 heavy (non-hydrogen) atoms. The normalized spacial score (nSPS) is 16.3. The summed E-state index contributed by atoms with van der Waals surface area (Å²) in [6, 6.07) is 11.1. The maximum absolute atomic E-state index is 6.41. The van der Waals surface area contributed by atoms with Gasteiger partial charge in [-0.15, -0.1) is 0 Å². The Hall–Kier alpha value is -0.353. The van der Waals surface area contributed by atoms with Crippen LogP contribution in [0.5, 0.6) is 0 Å². The minimum absolute atomic E-state index is 0. The molecule has 0 aromatic heterocycles. The Balaban J connectivity index is 0.00000324. The zero-order valence-corrected chi connectivity index (χ0v) is 14.6. The molecule has 0 bridgehead atoms. The van der Waals surface area contributed by atoms with Gasteiger partial charge in [-0.1, -0.05) is 58.0 Å². The molecule has 0 aliphatic carbocycles. The fraction of sp³-hybridized carbons (Fsp3) is 0.600. The summed E-state index contributed by atoms with van der Waals surface area (Å²) < 4.78 is 6.41. The molecule has 0 saturated carbocycles. The number of hydrogen-bond acceptors (Lipinski definition) is 1. The predicted octanol–water partition coefficient (Wildman–Crippen LogP) is -0.690. The van der Waals surface area contributed by atoms with Crippen molar-refractivity contribution < 1.29 is 22.6 Å². The standard InChI is InChI=1S/C15H27NOSi.ClH/c1-6-13(16)12-17-18(5,15(2,3)4)14-10-8-7-9-11-14;/h7-11,13H,6,12,16H2,1-5H3;1H/t13-,18+;/m1./s1. The summed E-state index contributed by atoms with van der Waals surface area (Å²) in [5.74, 6) is 0. The Morgan fingerprint density at radius 3 is 2.16 bits per heavy atom. The van der Waals surface area contributed by atoms with Gasteiger partial charge in [0.25, 0.3) is 0 Å². The molecule has 3 N–H and O–H groups in total. The largest absolute Gasteiger partial charge is 1.00 e. The predicted molar refractivity (Wildman–Crippen MR) is 80.3 cm³/mol. The zero-order chi connectivity index (χ0) is 13.8. The van der Waals surface area contributed by atoms with Crippen LogP contribution in [-0.2, 0) is 4.43 Å². The topological polar surface area (TPSA) is 36.9 Å². The minimum Gasteiger partial charge on any atom is -1.00 e. The molecule has 0 radical (unpaired) electrons. The van der Waals surface area contributed by atoms with Crippen LogP contribution in [0.4, 0.5) is 0 Å². The Bertz CT molecular complexity index is 366. The van der Waals surface area contributed by atoms with Crippen molar-refractivity contribution >= 4 is 13.5 Å². The Kier molecular flexibility index (Phi) is 7.30.